The number of hydrogen-bond acceptors (Lipinski definition) is 3. The van der Waals surface area contributed by atoms with Crippen LogP contribution < -0.4 is 9.47 Å². The van der Waals surface area contributed by atoms with Gasteiger partial charge in [-0.2, -0.15) is 0 Å². The Morgan fingerprint density at radius 3 is 2.42 bits per heavy atom. The molecule has 3 saturated carbocycles. The zero-order valence-corrected chi connectivity index (χ0v) is 21.7. The smallest absolute Gasteiger partial charge is 0.314 e. The topological polar surface area (TPSA) is 35.5 Å². The lowest BCUT2D eigenvalue weighted by Crippen LogP contribution is -2.40. The van der Waals surface area contributed by atoms with Crippen LogP contribution in [0.1, 0.15) is 84.0 Å². The minimum absolute atomic E-state index is 0.0758. The quantitative estimate of drug-likeness (QED) is 0.194. The fourth-order valence-electron chi connectivity index (χ4n) is 7.18. The molecule has 1 aromatic carbocycles. The van der Waals surface area contributed by atoms with Crippen LogP contribution in [-0.2, 0) is 4.79 Å². The summed E-state index contributed by atoms with van der Waals surface area (Å²) in [6.07, 6.45) is 19.7. The molecule has 0 N–H and O–H groups in total. The summed E-state index contributed by atoms with van der Waals surface area (Å²) in [7, 11) is 0. The Kier molecular flexibility index (Phi) is 9.61. The first-order chi connectivity index (χ1) is 17.5. The molecule has 0 aromatic heterocycles. The lowest BCUT2D eigenvalue weighted by Gasteiger charge is -2.46. The third-order valence-electron chi connectivity index (χ3n) is 9.08. The van der Waals surface area contributed by atoms with Gasteiger partial charge in [0.2, 0.25) is 0 Å². The maximum Gasteiger partial charge on any atom is 0.314 e. The summed E-state index contributed by atoms with van der Waals surface area (Å²) in [6.45, 7) is 5.74. The van der Waals surface area contributed by atoms with Gasteiger partial charge in [0.05, 0.1) is 5.92 Å². The van der Waals surface area contributed by atoms with E-state index in [9.17, 15) is 13.6 Å². The number of benzene rings is 1. The van der Waals surface area contributed by atoms with Gasteiger partial charge in [-0.25, -0.2) is 8.78 Å². The van der Waals surface area contributed by atoms with Crippen molar-refractivity contribution in [1.82, 2.24) is 0 Å². The third kappa shape index (κ3) is 6.58. The number of rotatable bonds is 9. The molecular formula is C31H42F2O3. The van der Waals surface area contributed by atoms with Crippen LogP contribution >= 0.6 is 0 Å². The zero-order chi connectivity index (χ0) is 25.5. The molecule has 3 aliphatic rings. The Morgan fingerprint density at radius 1 is 1.00 bits per heavy atom. The molecule has 0 spiro atoms. The SMILES string of the molecule is C=CCCC1CCC(C2CCC3C(CCCC3C(=O)Oc3cc(F)c(OC/C=C/C)c(F)c3)C2)CC1. The summed E-state index contributed by atoms with van der Waals surface area (Å²) in [5.74, 6) is 0.589. The summed E-state index contributed by atoms with van der Waals surface area (Å²) >= 11 is 0. The number of carbonyl (C=O) groups excluding carboxylic acids is 1. The Hall–Kier alpha value is -2.17. The summed E-state index contributed by atoms with van der Waals surface area (Å²) in [5.41, 5.74) is 0. The summed E-state index contributed by atoms with van der Waals surface area (Å²) < 4.78 is 39.5. The van der Waals surface area contributed by atoms with Crippen molar-refractivity contribution in [2.24, 2.45) is 35.5 Å². The molecule has 3 nitrogen and oxygen atoms in total. The zero-order valence-electron chi connectivity index (χ0n) is 21.7. The predicted octanol–water partition coefficient (Wildman–Crippen LogP) is 8.43. The van der Waals surface area contributed by atoms with Crippen molar-refractivity contribution < 1.29 is 23.0 Å². The molecule has 3 aliphatic carbocycles. The van der Waals surface area contributed by atoms with Crippen LogP contribution in [0, 0.1) is 47.1 Å². The van der Waals surface area contributed by atoms with Crippen LogP contribution in [0.4, 0.5) is 8.78 Å². The second kappa shape index (κ2) is 12.9. The molecule has 1 aromatic rings. The van der Waals surface area contributed by atoms with Gasteiger partial charge in [0.1, 0.15) is 12.4 Å². The molecule has 0 saturated heterocycles. The first-order valence-electron chi connectivity index (χ1n) is 14.1. The second-order valence-electron chi connectivity index (χ2n) is 11.2. The summed E-state index contributed by atoms with van der Waals surface area (Å²) in [5, 5.41) is 0. The van der Waals surface area contributed by atoms with Crippen LogP contribution in [0.25, 0.3) is 0 Å². The molecule has 0 bridgehead atoms. The Morgan fingerprint density at radius 2 is 1.72 bits per heavy atom. The first-order valence-corrected chi connectivity index (χ1v) is 14.1. The molecule has 3 fully saturated rings. The Balaban J connectivity index is 1.32. The van der Waals surface area contributed by atoms with Gasteiger partial charge in [0.15, 0.2) is 17.4 Å². The summed E-state index contributed by atoms with van der Waals surface area (Å²) in [6, 6.07) is 2.10. The van der Waals surface area contributed by atoms with Gasteiger partial charge >= 0.3 is 5.97 Å². The average molecular weight is 501 g/mol. The van der Waals surface area contributed by atoms with Crippen LogP contribution in [0.3, 0.4) is 0 Å². The van der Waals surface area contributed by atoms with E-state index in [4.69, 9.17) is 9.47 Å². The summed E-state index contributed by atoms with van der Waals surface area (Å²) in [4.78, 5) is 13.1. The van der Waals surface area contributed by atoms with E-state index in [1.54, 1.807) is 19.1 Å². The number of hydrogen-bond donors (Lipinski definition) is 0. The van der Waals surface area contributed by atoms with Crippen molar-refractivity contribution in [3.05, 3.63) is 48.6 Å². The van der Waals surface area contributed by atoms with Crippen LogP contribution in [0.2, 0.25) is 0 Å². The molecule has 198 valence electrons. The van der Waals surface area contributed by atoms with Crippen molar-refractivity contribution >= 4 is 5.97 Å². The number of esters is 1. The largest absolute Gasteiger partial charge is 0.483 e. The second-order valence-corrected chi connectivity index (χ2v) is 11.2. The highest BCUT2D eigenvalue weighted by Crippen LogP contribution is 2.50. The van der Waals surface area contributed by atoms with E-state index in [-0.39, 0.29) is 24.2 Å². The van der Waals surface area contributed by atoms with E-state index in [0.29, 0.717) is 11.8 Å². The van der Waals surface area contributed by atoms with Gasteiger partial charge in [-0.1, -0.05) is 43.9 Å². The number of ether oxygens (including phenoxy) is 2. The minimum atomic E-state index is -0.858. The molecule has 36 heavy (non-hydrogen) atoms. The van der Waals surface area contributed by atoms with Crippen LogP contribution in [0.15, 0.2) is 36.9 Å². The number of carbonyl (C=O) groups is 1. The van der Waals surface area contributed by atoms with Crippen molar-refractivity contribution in [2.75, 3.05) is 6.61 Å². The molecule has 0 radical (unpaired) electrons. The highest BCUT2D eigenvalue weighted by molar-refractivity contribution is 5.75. The van der Waals surface area contributed by atoms with Crippen LogP contribution in [0.5, 0.6) is 11.5 Å². The number of fused-ring (bicyclic) bond motifs is 1. The fraction of sp³-hybridized carbons (Fsp3) is 0.645. The highest BCUT2D eigenvalue weighted by Gasteiger charge is 2.43. The molecule has 5 heteroatoms. The average Bonchev–Trinajstić information content (AvgIpc) is 2.88. The Bertz CT molecular complexity index is 895. The maximum absolute atomic E-state index is 14.4. The standard InChI is InChI=1S/C31H42F2O3/c1-3-5-8-21-11-13-22(14-12-21)23-15-16-26-24(18-23)9-7-10-27(26)31(34)36-25-19-28(32)30(29(33)20-25)35-17-6-4-2/h3-4,6,19-24,26-27H,1,5,7-18H2,2H3/b6-4+. The van der Waals surface area contributed by atoms with Gasteiger partial charge in [0, 0.05) is 12.1 Å². The van der Waals surface area contributed by atoms with E-state index in [0.717, 1.165) is 55.6 Å². The van der Waals surface area contributed by atoms with Gasteiger partial charge < -0.3 is 9.47 Å². The van der Waals surface area contributed by atoms with Gasteiger partial charge in [0.25, 0.3) is 0 Å². The van der Waals surface area contributed by atoms with Crippen molar-refractivity contribution in [3.63, 3.8) is 0 Å². The van der Waals surface area contributed by atoms with E-state index in [2.05, 4.69) is 6.58 Å². The van der Waals surface area contributed by atoms with Gasteiger partial charge in [-0.3, -0.25) is 4.79 Å². The van der Waals surface area contributed by atoms with Crippen molar-refractivity contribution in [3.8, 4) is 11.5 Å². The van der Waals surface area contributed by atoms with E-state index >= 15 is 0 Å². The molecule has 0 heterocycles. The van der Waals surface area contributed by atoms with E-state index in [1.165, 1.54) is 51.4 Å². The minimum Gasteiger partial charge on any atom is -0.483 e. The van der Waals surface area contributed by atoms with Gasteiger partial charge in [-0.05, 0) is 87.9 Å². The van der Waals surface area contributed by atoms with Crippen molar-refractivity contribution in [2.45, 2.75) is 84.0 Å². The predicted molar refractivity (Wildman–Crippen MR) is 139 cm³/mol. The maximum atomic E-state index is 14.4. The molecule has 0 aliphatic heterocycles. The highest BCUT2D eigenvalue weighted by atomic mass is 19.1. The molecule has 0 amide bonds. The van der Waals surface area contributed by atoms with Crippen molar-refractivity contribution in [1.29, 1.82) is 0 Å². The number of halogens is 2. The number of allylic oxidation sites excluding steroid dienone is 2. The van der Waals surface area contributed by atoms with Crippen LogP contribution in [-0.4, -0.2) is 12.6 Å². The van der Waals surface area contributed by atoms with E-state index in [1.807, 2.05) is 6.08 Å². The third-order valence-corrected chi connectivity index (χ3v) is 9.08. The lowest BCUT2D eigenvalue weighted by atomic mass is 9.59. The van der Waals surface area contributed by atoms with E-state index < -0.39 is 17.4 Å². The normalized spacial score (nSPS) is 30.5. The Labute approximate surface area is 215 Å². The molecule has 4 unspecified atom stereocenters. The fourth-order valence-corrected chi connectivity index (χ4v) is 7.18. The molecular weight excluding hydrogens is 458 g/mol. The van der Waals surface area contributed by atoms with Gasteiger partial charge in [-0.15, -0.1) is 6.58 Å². The monoisotopic (exact) mass is 500 g/mol. The molecule has 4 rings (SSSR count). The lowest BCUT2D eigenvalue weighted by molar-refractivity contribution is -0.144. The first kappa shape index (κ1) is 26.9. The molecule has 4 atom stereocenters.